The predicted octanol–water partition coefficient (Wildman–Crippen LogP) is 3.71. The Kier molecular flexibility index (Phi) is 5.67. The molecule has 0 spiro atoms. The Bertz CT molecular complexity index is 668. The number of nitrogens with one attached hydrogen (secondary N) is 2. The second-order valence-corrected chi connectivity index (χ2v) is 6.22. The van der Waals surface area contributed by atoms with E-state index >= 15 is 0 Å². The minimum absolute atomic E-state index is 0.0291. The van der Waals surface area contributed by atoms with Crippen LogP contribution in [0.1, 0.15) is 18.4 Å². The summed E-state index contributed by atoms with van der Waals surface area (Å²) in [6, 6.07) is 11.4. The molecule has 0 bridgehead atoms. The highest BCUT2D eigenvalue weighted by atomic mass is 35.5. The maximum absolute atomic E-state index is 12.2. The number of ether oxygens (including phenoxy) is 1. The normalized spacial score (nSPS) is 15.0. The van der Waals surface area contributed by atoms with E-state index in [1.165, 1.54) is 0 Å². The topological polar surface area (TPSA) is 63.2 Å². The van der Waals surface area contributed by atoms with Crippen LogP contribution < -0.4 is 10.6 Å². The molecule has 1 amide bonds. The van der Waals surface area contributed by atoms with Crippen LogP contribution in [-0.2, 0) is 16.1 Å². The number of rotatable bonds is 5. The Morgan fingerprint density at radius 3 is 2.58 bits per heavy atom. The molecule has 1 fully saturated rings. The van der Waals surface area contributed by atoms with Gasteiger partial charge in [0.25, 0.3) is 0 Å². The van der Waals surface area contributed by atoms with Gasteiger partial charge in [-0.05, 0) is 42.7 Å². The van der Waals surface area contributed by atoms with Crippen LogP contribution in [0.2, 0.25) is 5.02 Å². The average molecular weight is 346 g/mol. The fourth-order valence-corrected chi connectivity index (χ4v) is 2.70. The molecular formula is C18H20ClN3O2. The number of carbonyl (C=O) groups excluding carboxylic acids is 1. The van der Waals surface area contributed by atoms with E-state index in [1.807, 2.05) is 36.4 Å². The fraction of sp³-hybridized carbons (Fsp3) is 0.333. The van der Waals surface area contributed by atoms with Crippen LogP contribution in [0.5, 0.6) is 0 Å². The zero-order valence-corrected chi connectivity index (χ0v) is 14.1. The van der Waals surface area contributed by atoms with Gasteiger partial charge < -0.3 is 15.4 Å². The highest BCUT2D eigenvalue weighted by Crippen LogP contribution is 2.18. The second-order valence-electron chi connectivity index (χ2n) is 5.79. The van der Waals surface area contributed by atoms with Gasteiger partial charge in [0.15, 0.2) is 0 Å². The molecule has 1 aromatic carbocycles. The third kappa shape index (κ3) is 4.69. The van der Waals surface area contributed by atoms with Gasteiger partial charge in [-0.25, -0.2) is 4.98 Å². The summed E-state index contributed by atoms with van der Waals surface area (Å²) < 4.78 is 5.28. The summed E-state index contributed by atoms with van der Waals surface area (Å²) >= 11 is 5.87. The molecule has 1 saturated heterocycles. The van der Waals surface area contributed by atoms with Gasteiger partial charge in [0.1, 0.15) is 5.82 Å². The van der Waals surface area contributed by atoms with E-state index in [1.54, 1.807) is 6.20 Å². The molecule has 1 aromatic heterocycles. The summed E-state index contributed by atoms with van der Waals surface area (Å²) in [6.45, 7) is 1.98. The number of anilines is 2. The predicted molar refractivity (Wildman–Crippen MR) is 95.2 cm³/mol. The maximum Gasteiger partial charge on any atom is 0.227 e. The Morgan fingerprint density at radius 1 is 1.17 bits per heavy atom. The number of carbonyl (C=O) groups is 1. The molecule has 1 aliphatic heterocycles. The van der Waals surface area contributed by atoms with Crippen molar-refractivity contribution in [3.8, 4) is 0 Å². The molecule has 6 heteroatoms. The van der Waals surface area contributed by atoms with E-state index in [2.05, 4.69) is 15.6 Å². The van der Waals surface area contributed by atoms with Crippen LogP contribution in [0.3, 0.4) is 0 Å². The van der Waals surface area contributed by atoms with E-state index in [0.717, 1.165) is 29.2 Å². The minimum Gasteiger partial charge on any atom is -0.381 e. The molecule has 0 saturated carbocycles. The lowest BCUT2D eigenvalue weighted by atomic mass is 9.99. The molecule has 2 heterocycles. The summed E-state index contributed by atoms with van der Waals surface area (Å²) in [6.07, 6.45) is 3.22. The zero-order chi connectivity index (χ0) is 16.8. The van der Waals surface area contributed by atoms with Crippen molar-refractivity contribution in [2.75, 3.05) is 23.8 Å². The number of halogens is 1. The van der Waals surface area contributed by atoms with Crippen molar-refractivity contribution in [3.05, 3.63) is 53.2 Å². The van der Waals surface area contributed by atoms with Crippen LogP contribution in [0.4, 0.5) is 11.5 Å². The van der Waals surface area contributed by atoms with Gasteiger partial charge in [-0.2, -0.15) is 0 Å². The molecule has 0 atom stereocenters. The highest BCUT2D eigenvalue weighted by Gasteiger charge is 2.21. The maximum atomic E-state index is 12.2. The lowest BCUT2D eigenvalue weighted by Gasteiger charge is -2.21. The number of benzene rings is 1. The summed E-state index contributed by atoms with van der Waals surface area (Å²) in [5.41, 5.74) is 1.83. The summed E-state index contributed by atoms with van der Waals surface area (Å²) in [5.74, 6) is 0.831. The monoisotopic (exact) mass is 345 g/mol. The van der Waals surface area contributed by atoms with Crippen LogP contribution in [0, 0.1) is 5.92 Å². The van der Waals surface area contributed by atoms with E-state index in [-0.39, 0.29) is 11.8 Å². The van der Waals surface area contributed by atoms with Gasteiger partial charge in [0.05, 0.1) is 11.9 Å². The van der Waals surface area contributed by atoms with Gasteiger partial charge in [-0.3, -0.25) is 4.79 Å². The number of hydrogen-bond acceptors (Lipinski definition) is 4. The lowest BCUT2D eigenvalue weighted by Crippen LogP contribution is -2.28. The first-order chi connectivity index (χ1) is 11.7. The highest BCUT2D eigenvalue weighted by molar-refractivity contribution is 6.30. The van der Waals surface area contributed by atoms with Crippen LogP contribution >= 0.6 is 11.6 Å². The molecule has 2 N–H and O–H groups in total. The fourth-order valence-electron chi connectivity index (χ4n) is 2.57. The van der Waals surface area contributed by atoms with E-state index < -0.39 is 0 Å². The third-order valence-electron chi connectivity index (χ3n) is 4.01. The largest absolute Gasteiger partial charge is 0.381 e. The Balaban J connectivity index is 1.51. The molecule has 24 heavy (non-hydrogen) atoms. The quantitative estimate of drug-likeness (QED) is 0.867. The van der Waals surface area contributed by atoms with Crippen molar-refractivity contribution in [2.24, 2.45) is 5.92 Å². The smallest absolute Gasteiger partial charge is 0.227 e. The van der Waals surface area contributed by atoms with Crippen LogP contribution in [-0.4, -0.2) is 24.1 Å². The first kappa shape index (κ1) is 16.7. The Hall–Kier alpha value is -2.11. The summed E-state index contributed by atoms with van der Waals surface area (Å²) in [4.78, 5) is 16.5. The standard InChI is InChI=1S/C18H20ClN3O2/c19-15-3-1-13(2-4-15)11-20-17-6-5-16(12-21-17)22-18(23)14-7-9-24-10-8-14/h1-6,12,14H,7-11H2,(H,20,21)(H,22,23). The van der Waals surface area contributed by atoms with Crippen molar-refractivity contribution in [3.63, 3.8) is 0 Å². The van der Waals surface area contributed by atoms with Crippen molar-refractivity contribution < 1.29 is 9.53 Å². The Morgan fingerprint density at radius 2 is 1.92 bits per heavy atom. The van der Waals surface area contributed by atoms with E-state index in [0.29, 0.717) is 25.4 Å². The first-order valence-corrected chi connectivity index (χ1v) is 8.41. The zero-order valence-electron chi connectivity index (χ0n) is 13.3. The number of pyridine rings is 1. The van der Waals surface area contributed by atoms with Crippen molar-refractivity contribution >= 4 is 29.0 Å². The molecule has 1 aliphatic rings. The average Bonchev–Trinajstić information content (AvgIpc) is 2.63. The van der Waals surface area contributed by atoms with Crippen LogP contribution in [0.25, 0.3) is 0 Å². The Labute approximate surface area is 146 Å². The van der Waals surface area contributed by atoms with Crippen molar-refractivity contribution in [2.45, 2.75) is 19.4 Å². The number of aromatic nitrogens is 1. The van der Waals surface area contributed by atoms with Gasteiger partial charge in [0, 0.05) is 30.7 Å². The number of hydrogen-bond donors (Lipinski definition) is 2. The first-order valence-electron chi connectivity index (χ1n) is 8.04. The second kappa shape index (κ2) is 8.13. The third-order valence-corrected chi connectivity index (χ3v) is 4.26. The minimum atomic E-state index is 0.0291. The molecule has 0 aliphatic carbocycles. The molecule has 126 valence electrons. The lowest BCUT2D eigenvalue weighted by molar-refractivity contribution is -0.122. The molecule has 5 nitrogen and oxygen atoms in total. The van der Waals surface area contributed by atoms with Gasteiger partial charge in [-0.1, -0.05) is 23.7 Å². The SMILES string of the molecule is O=C(Nc1ccc(NCc2ccc(Cl)cc2)nc1)C1CCOCC1. The summed E-state index contributed by atoms with van der Waals surface area (Å²) in [7, 11) is 0. The molecule has 3 rings (SSSR count). The van der Waals surface area contributed by atoms with Gasteiger partial charge in [0.2, 0.25) is 5.91 Å². The molecule has 2 aromatic rings. The number of nitrogens with zero attached hydrogens (tertiary/aromatic N) is 1. The molecular weight excluding hydrogens is 326 g/mol. The van der Waals surface area contributed by atoms with Crippen molar-refractivity contribution in [1.82, 2.24) is 4.98 Å². The van der Waals surface area contributed by atoms with E-state index in [9.17, 15) is 4.79 Å². The van der Waals surface area contributed by atoms with Crippen LogP contribution in [0.15, 0.2) is 42.6 Å². The number of amides is 1. The summed E-state index contributed by atoms with van der Waals surface area (Å²) in [5, 5.41) is 6.88. The van der Waals surface area contributed by atoms with E-state index in [4.69, 9.17) is 16.3 Å². The van der Waals surface area contributed by atoms with Gasteiger partial charge >= 0.3 is 0 Å². The molecule has 0 unspecified atom stereocenters. The molecule has 0 radical (unpaired) electrons. The van der Waals surface area contributed by atoms with Gasteiger partial charge in [-0.15, -0.1) is 0 Å². The van der Waals surface area contributed by atoms with Crippen molar-refractivity contribution in [1.29, 1.82) is 0 Å².